The van der Waals surface area contributed by atoms with Gasteiger partial charge in [0.05, 0.1) is 24.7 Å². The largest absolute Gasteiger partial charge is 0.493 e. The molecule has 0 unspecified atom stereocenters. The van der Waals surface area contributed by atoms with Crippen LogP contribution in [0.3, 0.4) is 0 Å². The Morgan fingerprint density at radius 2 is 2.07 bits per heavy atom. The number of halogens is 1. The maximum atomic E-state index is 12.6. The van der Waals surface area contributed by atoms with E-state index in [1.807, 2.05) is 6.92 Å². The minimum Gasteiger partial charge on any atom is -0.493 e. The molecule has 2 saturated heterocycles. The number of hydrogen-bond acceptors (Lipinski definition) is 6. The number of rotatable bonds is 5. The summed E-state index contributed by atoms with van der Waals surface area (Å²) < 4.78 is 10.7. The van der Waals surface area contributed by atoms with Crippen molar-refractivity contribution in [3.05, 3.63) is 33.7 Å². The lowest BCUT2D eigenvalue weighted by atomic mass is 10.2. The highest BCUT2D eigenvalue weighted by atomic mass is 35.5. The molecule has 2 aliphatic rings. The van der Waals surface area contributed by atoms with Crippen LogP contribution < -0.4 is 4.74 Å². The lowest BCUT2D eigenvalue weighted by Crippen LogP contribution is -2.46. The van der Waals surface area contributed by atoms with Gasteiger partial charge in [0, 0.05) is 23.7 Å². The Morgan fingerprint density at radius 1 is 1.33 bits per heavy atom. The van der Waals surface area contributed by atoms with E-state index in [1.54, 1.807) is 29.2 Å². The van der Waals surface area contributed by atoms with Gasteiger partial charge in [0.2, 0.25) is 5.91 Å². The van der Waals surface area contributed by atoms with E-state index in [0.717, 1.165) is 16.7 Å². The van der Waals surface area contributed by atoms with Gasteiger partial charge in [0.1, 0.15) is 12.3 Å². The van der Waals surface area contributed by atoms with E-state index in [2.05, 4.69) is 0 Å². The Balaban J connectivity index is 1.76. The van der Waals surface area contributed by atoms with Crippen molar-refractivity contribution < 1.29 is 23.9 Å². The monoisotopic (exact) mass is 410 g/mol. The Hall–Kier alpha value is -2.03. The fraction of sp³-hybridized carbons (Fsp3) is 0.389. The average molecular weight is 411 g/mol. The number of ether oxygens (including phenoxy) is 2. The van der Waals surface area contributed by atoms with Gasteiger partial charge in [-0.2, -0.15) is 0 Å². The first kappa shape index (κ1) is 19.7. The van der Waals surface area contributed by atoms with E-state index in [4.69, 9.17) is 21.1 Å². The summed E-state index contributed by atoms with van der Waals surface area (Å²) in [4.78, 5) is 40.1. The number of thioether (sulfide) groups is 1. The molecule has 3 amide bonds. The molecule has 1 aromatic rings. The first-order valence-electron chi connectivity index (χ1n) is 8.53. The van der Waals surface area contributed by atoms with Gasteiger partial charge in [-0.3, -0.25) is 19.3 Å². The molecule has 0 aliphatic carbocycles. The van der Waals surface area contributed by atoms with Crippen molar-refractivity contribution in [2.24, 2.45) is 0 Å². The summed E-state index contributed by atoms with van der Waals surface area (Å²) in [5.41, 5.74) is 0.606. The predicted octanol–water partition coefficient (Wildman–Crippen LogP) is 2.63. The minimum absolute atomic E-state index is 0.234. The summed E-state index contributed by atoms with van der Waals surface area (Å²) in [6, 6.07) is 5.07. The van der Waals surface area contributed by atoms with Gasteiger partial charge in [-0.1, -0.05) is 11.6 Å². The zero-order chi connectivity index (χ0) is 19.4. The molecule has 0 bridgehead atoms. The molecule has 0 atom stereocenters. The van der Waals surface area contributed by atoms with Gasteiger partial charge >= 0.3 is 0 Å². The van der Waals surface area contributed by atoms with Gasteiger partial charge in [0.25, 0.3) is 11.1 Å². The van der Waals surface area contributed by atoms with Crippen LogP contribution in [0.4, 0.5) is 4.79 Å². The molecule has 0 spiro atoms. The maximum absolute atomic E-state index is 12.6. The average Bonchev–Trinajstić information content (AvgIpc) is 2.92. The molecule has 3 rings (SSSR count). The van der Waals surface area contributed by atoms with Crippen LogP contribution in [0.15, 0.2) is 23.1 Å². The lowest BCUT2D eigenvalue weighted by molar-refractivity contribution is -0.139. The molecule has 0 aromatic heterocycles. The van der Waals surface area contributed by atoms with Crippen molar-refractivity contribution in [3.63, 3.8) is 0 Å². The molecule has 2 fully saturated rings. The van der Waals surface area contributed by atoms with Gasteiger partial charge in [-0.05, 0) is 43.0 Å². The van der Waals surface area contributed by atoms with Crippen LogP contribution in [-0.4, -0.2) is 66.3 Å². The zero-order valence-corrected chi connectivity index (χ0v) is 16.3. The fourth-order valence-electron chi connectivity index (χ4n) is 2.74. The normalized spacial score (nSPS) is 19.1. The predicted molar refractivity (Wildman–Crippen MR) is 103 cm³/mol. The van der Waals surface area contributed by atoms with E-state index in [9.17, 15) is 14.4 Å². The SMILES string of the molecule is CCOc1ccc(Cl)cc1/C=C1\SC(=O)N(CC(=O)N2CCOCC2)C1=O. The summed E-state index contributed by atoms with van der Waals surface area (Å²) in [5.74, 6) is -0.188. The molecule has 1 aromatic carbocycles. The van der Waals surface area contributed by atoms with Crippen molar-refractivity contribution in [3.8, 4) is 5.75 Å². The summed E-state index contributed by atoms with van der Waals surface area (Å²) in [5, 5.41) is 0.0271. The third-order valence-corrected chi connectivity index (χ3v) is 5.23. The molecule has 0 N–H and O–H groups in total. The molecule has 7 nitrogen and oxygen atoms in total. The molecule has 0 saturated carbocycles. The second kappa shape index (κ2) is 8.77. The number of benzene rings is 1. The van der Waals surface area contributed by atoms with Crippen molar-refractivity contribution >= 4 is 46.5 Å². The molecular weight excluding hydrogens is 392 g/mol. The summed E-state index contributed by atoms with van der Waals surface area (Å²) in [6.07, 6.45) is 1.57. The number of hydrogen-bond donors (Lipinski definition) is 0. The highest BCUT2D eigenvalue weighted by Crippen LogP contribution is 2.34. The van der Waals surface area contributed by atoms with Gasteiger partial charge in [-0.25, -0.2) is 0 Å². The van der Waals surface area contributed by atoms with Crippen LogP contribution in [0.5, 0.6) is 5.75 Å². The third-order valence-electron chi connectivity index (χ3n) is 4.09. The quantitative estimate of drug-likeness (QED) is 0.694. The lowest BCUT2D eigenvalue weighted by Gasteiger charge is -2.28. The number of imide groups is 1. The zero-order valence-electron chi connectivity index (χ0n) is 14.8. The van der Waals surface area contributed by atoms with E-state index in [1.165, 1.54) is 0 Å². The first-order chi connectivity index (χ1) is 13.0. The topological polar surface area (TPSA) is 76.2 Å². The fourth-order valence-corrected chi connectivity index (χ4v) is 3.75. The van der Waals surface area contributed by atoms with Crippen LogP contribution >= 0.6 is 23.4 Å². The molecule has 144 valence electrons. The van der Waals surface area contributed by atoms with Crippen molar-refractivity contribution in [2.45, 2.75) is 6.92 Å². The van der Waals surface area contributed by atoms with Crippen LogP contribution in [0, 0.1) is 0 Å². The molecule has 2 heterocycles. The van der Waals surface area contributed by atoms with Crippen LogP contribution in [-0.2, 0) is 14.3 Å². The Morgan fingerprint density at radius 3 is 2.78 bits per heavy atom. The van der Waals surface area contributed by atoms with Gasteiger partial charge < -0.3 is 14.4 Å². The van der Waals surface area contributed by atoms with Crippen LogP contribution in [0.1, 0.15) is 12.5 Å². The van der Waals surface area contributed by atoms with Crippen LogP contribution in [0.25, 0.3) is 6.08 Å². The Kier molecular flexibility index (Phi) is 6.41. The van der Waals surface area contributed by atoms with Crippen molar-refractivity contribution in [1.82, 2.24) is 9.80 Å². The third kappa shape index (κ3) is 4.63. The summed E-state index contributed by atoms with van der Waals surface area (Å²) >= 11 is 6.84. The van der Waals surface area contributed by atoms with E-state index >= 15 is 0 Å². The highest BCUT2D eigenvalue weighted by Gasteiger charge is 2.37. The van der Waals surface area contributed by atoms with E-state index < -0.39 is 11.1 Å². The highest BCUT2D eigenvalue weighted by molar-refractivity contribution is 8.18. The van der Waals surface area contributed by atoms with E-state index in [0.29, 0.717) is 49.2 Å². The number of carbonyl (C=O) groups is 3. The summed E-state index contributed by atoms with van der Waals surface area (Å²) in [7, 11) is 0. The number of nitrogens with zero attached hydrogens (tertiary/aromatic N) is 2. The standard InChI is InChI=1S/C18H19ClN2O5S/c1-2-26-14-4-3-13(19)9-12(14)10-15-17(23)21(18(24)27-15)11-16(22)20-5-7-25-8-6-20/h3-4,9-10H,2,5-8,11H2,1H3/b15-10-. The second-order valence-electron chi connectivity index (χ2n) is 5.88. The Bertz CT molecular complexity index is 792. The summed E-state index contributed by atoms with van der Waals surface area (Å²) in [6.45, 7) is 3.89. The number of carbonyl (C=O) groups excluding carboxylic acids is 3. The Labute approximate surface area is 166 Å². The smallest absolute Gasteiger partial charge is 0.294 e. The second-order valence-corrected chi connectivity index (χ2v) is 7.31. The first-order valence-corrected chi connectivity index (χ1v) is 9.72. The molecule has 2 aliphatic heterocycles. The van der Waals surface area contributed by atoms with Gasteiger partial charge in [-0.15, -0.1) is 0 Å². The molecule has 9 heteroatoms. The van der Waals surface area contributed by atoms with Crippen molar-refractivity contribution in [1.29, 1.82) is 0 Å². The maximum Gasteiger partial charge on any atom is 0.294 e. The molecule has 0 radical (unpaired) electrons. The number of morpholine rings is 1. The molecular formula is C18H19ClN2O5S. The minimum atomic E-state index is -0.492. The number of amides is 3. The van der Waals surface area contributed by atoms with E-state index in [-0.39, 0.29) is 17.4 Å². The molecule has 27 heavy (non-hydrogen) atoms. The van der Waals surface area contributed by atoms with Crippen LogP contribution in [0.2, 0.25) is 5.02 Å². The van der Waals surface area contributed by atoms with Gasteiger partial charge in [0.15, 0.2) is 0 Å². The van der Waals surface area contributed by atoms with Crippen molar-refractivity contribution in [2.75, 3.05) is 39.5 Å².